The molecule has 2 aliphatic heterocycles. The number of nitrogens with zero attached hydrogens (tertiary/aromatic N) is 1. The highest BCUT2D eigenvalue weighted by molar-refractivity contribution is 6.99. The van der Waals surface area contributed by atoms with Crippen LogP contribution in [0.2, 0.25) is 5.04 Å². The number of ketones is 1. The smallest absolute Gasteiger partial charge is 0.262 e. The molecular weight excluding hydrogens is 757 g/mol. The van der Waals surface area contributed by atoms with E-state index >= 15 is 0 Å². The Kier molecular flexibility index (Phi) is 14.4. The minimum atomic E-state index is -2.95. The van der Waals surface area contributed by atoms with Crippen molar-refractivity contribution in [3.05, 3.63) is 109 Å². The Hall–Kier alpha value is -4.87. The molecule has 2 saturated heterocycles. The second-order valence-corrected chi connectivity index (χ2v) is 21.7. The molecule has 4 atom stereocenters. The van der Waals surface area contributed by atoms with Crippen molar-refractivity contribution in [3.8, 4) is 0 Å². The largest absolute Gasteiger partial charge is 0.397 e. The highest BCUT2D eigenvalue weighted by Gasteiger charge is 2.52. The molecule has 0 unspecified atom stereocenters. The maximum atomic E-state index is 14.3. The van der Waals surface area contributed by atoms with E-state index in [0.717, 1.165) is 35.2 Å². The van der Waals surface area contributed by atoms with Gasteiger partial charge >= 0.3 is 0 Å². The van der Waals surface area contributed by atoms with Gasteiger partial charge in [0.15, 0.2) is 5.78 Å². The lowest BCUT2D eigenvalue weighted by Crippen LogP contribution is -2.68. The highest BCUT2D eigenvalue weighted by atomic mass is 28.4. The summed E-state index contributed by atoms with van der Waals surface area (Å²) in [6.45, 7) is 8.97. The Bertz CT molecular complexity index is 1900. The minimum absolute atomic E-state index is 0.0180. The second kappa shape index (κ2) is 19.5. The Morgan fingerprint density at radius 2 is 1.42 bits per heavy atom. The van der Waals surface area contributed by atoms with Crippen LogP contribution in [-0.4, -0.2) is 78.9 Å². The SMILES string of the molecule is CC[C@@H](O[Si](c1ccccc1)(c1ccccc1)C(C)(C)C)C(=O)CC=CCC[C@@H]1NC(=O)[C@H]2CCCN2C(=O)[C@H](Cc2ccccc2)NC(=O)C2(CCCCC2)NC1=O. The fourth-order valence-corrected chi connectivity index (χ4v) is 14.0. The van der Waals surface area contributed by atoms with Gasteiger partial charge < -0.3 is 25.3 Å². The first-order chi connectivity index (χ1) is 28.4. The Morgan fingerprint density at radius 3 is 2.02 bits per heavy atom. The number of hydrogen-bond donors (Lipinski definition) is 3. The molecule has 3 aromatic carbocycles. The third kappa shape index (κ3) is 9.95. The topological polar surface area (TPSA) is 134 Å². The zero-order valence-corrected chi connectivity index (χ0v) is 36.2. The number of hydrogen-bond acceptors (Lipinski definition) is 6. The van der Waals surface area contributed by atoms with Gasteiger partial charge in [0.25, 0.3) is 8.32 Å². The zero-order chi connectivity index (χ0) is 42.0. The number of nitrogens with one attached hydrogen (secondary N) is 3. The van der Waals surface area contributed by atoms with E-state index in [4.69, 9.17) is 4.43 Å². The number of benzene rings is 3. The molecule has 1 spiro atoms. The van der Waals surface area contributed by atoms with Crippen LogP contribution < -0.4 is 26.3 Å². The van der Waals surface area contributed by atoms with Crippen molar-refractivity contribution in [2.24, 2.45) is 0 Å². The van der Waals surface area contributed by atoms with Gasteiger partial charge in [-0.1, -0.05) is 150 Å². The third-order valence-corrected chi connectivity index (χ3v) is 17.5. The Morgan fingerprint density at radius 1 is 0.814 bits per heavy atom. The van der Waals surface area contributed by atoms with E-state index in [9.17, 15) is 24.0 Å². The van der Waals surface area contributed by atoms with Gasteiger partial charge in [0, 0.05) is 19.4 Å². The van der Waals surface area contributed by atoms with Crippen molar-refractivity contribution in [1.29, 1.82) is 0 Å². The fraction of sp³-hybridized carbons (Fsp3) is 0.479. The Labute approximate surface area is 351 Å². The first-order valence-corrected chi connectivity index (χ1v) is 23.5. The lowest BCUT2D eigenvalue weighted by Gasteiger charge is -2.44. The molecule has 2 heterocycles. The predicted octanol–water partition coefficient (Wildman–Crippen LogP) is 5.67. The maximum Gasteiger partial charge on any atom is 0.262 e. The molecule has 10 nitrogen and oxygen atoms in total. The zero-order valence-electron chi connectivity index (χ0n) is 35.2. The monoisotopic (exact) mass is 818 g/mol. The van der Waals surface area contributed by atoms with Gasteiger partial charge in [-0.05, 0) is 65.9 Å². The normalized spacial score (nSPS) is 22.2. The number of allylic oxidation sites excluding steroid dienone is 2. The molecule has 0 aromatic heterocycles. The number of fused-ring (bicyclic) bond motifs is 1. The number of amides is 4. The van der Waals surface area contributed by atoms with E-state index < -0.39 is 44.0 Å². The van der Waals surface area contributed by atoms with Crippen molar-refractivity contribution in [1.82, 2.24) is 20.9 Å². The van der Waals surface area contributed by atoms with Crippen LogP contribution in [0, 0.1) is 0 Å². The van der Waals surface area contributed by atoms with Gasteiger partial charge in [-0.3, -0.25) is 24.0 Å². The van der Waals surface area contributed by atoms with Crippen molar-refractivity contribution < 1.29 is 28.4 Å². The quantitative estimate of drug-likeness (QED) is 0.150. The van der Waals surface area contributed by atoms with Crippen LogP contribution in [0.15, 0.2) is 103 Å². The molecule has 3 aliphatic rings. The summed E-state index contributed by atoms with van der Waals surface area (Å²) in [4.78, 5) is 72.1. The standard InChI is InChI=1S/C48H62N4O6Si/c1-5-42(58-59(47(2,3)4,36-24-13-7-14-25-36)37-26-15-8-16-27-37)41(53)30-18-9-17-28-38-43(54)51-48(31-19-10-20-32-48)46(57)50-39(34-35-22-11-6-12-23-35)45(56)52-33-21-29-40(52)44(55)49-38/h6-9,11-16,18,22-27,38-40,42H,5,10,17,19-21,28-34H2,1-4H3,(H,49,55)(H,50,57)(H,51,54)/t38-,39-,40+,42+/m0/s1. The van der Waals surface area contributed by atoms with Gasteiger partial charge in [-0.15, -0.1) is 0 Å². The molecular formula is C48H62N4O6Si. The maximum absolute atomic E-state index is 14.3. The number of Topliss-reactive ketones (excluding diaryl/α,β-unsaturated/α-hetero) is 1. The third-order valence-electron chi connectivity index (χ3n) is 12.4. The summed E-state index contributed by atoms with van der Waals surface area (Å²) >= 11 is 0. The highest BCUT2D eigenvalue weighted by Crippen LogP contribution is 2.38. The van der Waals surface area contributed by atoms with Crippen LogP contribution in [0.25, 0.3) is 0 Å². The molecule has 3 N–H and O–H groups in total. The summed E-state index contributed by atoms with van der Waals surface area (Å²) in [6.07, 6.45) is 9.17. The molecule has 1 aliphatic carbocycles. The molecule has 4 amide bonds. The van der Waals surface area contributed by atoms with Crippen molar-refractivity contribution in [3.63, 3.8) is 0 Å². The summed E-state index contributed by atoms with van der Waals surface area (Å²) < 4.78 is 7.17. The Balaban J connectivity index is 1.18. The van der Waals surface area contributed by atoms with E-state index in [1.807, 2.05) is 85.8 Å². The van der Waals surface area contributed by atoms with Crippen LogP contribution in [0.1, 0.15) is 104 Å². The number of carbonyl (C=O) groups is 5. The summed E-state index contributed by atoms with van der Waals surface area (Å²) in [6, 6.07) is 27.6. The van der Waals surface area contributed by atoms with Gasteiger partial charge in [0.1, 0.15) is 29.8 Å². The molecule has 6 rings (SSSR count). The molecule has 11 heteroatoms. The van der Waals surface area contributed by atoms with Crippen LogP contribution in [-0.2, 0) is 34.8 Å². The molecule has 0 bridgehead atoms. The van der Waals surface area contributed by atoms with Crippen molar-refractivity contribution in [2.75, 3.05) is 6.54 Å². The summed E-state index contributed by atoms with van der Waals surface area (Å²) in [5, 5.41) is 11.1. The average Bonchev–Trinajstić information content (AvgIpc) is 3.74. The number of carbonyl (C=O) groups excluding carboxylic acids is 5. The second-order valence-electron chi connectivity index (χ2n) is 17.5. The molecule has 1 saturated carbocycles. The van der Waals surface area contributed by atoms with E-state index in [0.29, 0.717) is 45.1 Å². The van der Waals surface area contributed by atoms with E-state index in [1.165, 1.54) is 0 Å². The lowest BCUT2D eigenvalue weighted by atomic mass is 9.80. The first-order valence-electron chi connectivity index (χ1n) is 21.6. The molecule has 3 aromatic rings. The summed E-state index contributed by atoms with van der Waals surface area (Å²) in [5.41, 5.74) is -0.299. The summed E-state index contributed by atoms with van der Waals surface area (Å²) in [5.74, 6) is -1.45. The van der Waals surface area contributed by atoms with Crippen LogP contribution in [0.3, 0.4) is 0 Å². The predicted molar refractivity (Wildman–Crippen MR) is 233 cm³/mol. The molecule has 59 heavy (non-hydrogen) atoms. The van der Waals surface area contributed by atoms with Crippen molar-refractivity contribution >= 4 is 48.1 Å². The average molecular weight is 819 g/mol. The number of rotatable bonds is 13. The van der Waals surface area contributed by atoms with Gasteiger partial charge in [-0.25, -0.2) is 0 Å². The van der Waals surface area contributed by atoms with Crippen LogP contribution in [0.5, 0.6) is 0 Å². The summed E-state index contributed by atoms with van der Waals surface area (Å²) in [7, 11) is -2.95. The molecule has 314 valence electrons. The van der Waals surface area contributed by atoms with E-state index in [2.05, 4.69) is 61.0 Å². The molecule has 0 radical (unpaired) electrons. The van der Waals surface area contributed by atoms with E-state index in [-0.39, 0.29) is 47.8 Å². The van der Waals surface area contributed by atoms with Gasteiger partial charge in [-0.2, -0.15) is 0 Å². The minimum Gasteiger partial charge on any atom is -0.397 e. The first kappa shape index (κ1) is 43.7. The molecule has 3 fully saturated rings. The van der Waals surface area contributed by atoms with Crippen LogP contribution in [0.4, 0.5) is 0 Å². The van der Waals surface area contributed by atoms with Gasteiger partial charge in [0.05, 0.1) is 0 Å². The van der Waals surface area contributed by atoms with E-state index in [1.54, 1.807) is 4.90 Å². The fourth-order valence-electron chi connectivity index (χ4n) is 9.27. The van der Waals surface area contributed by atoms with Crippen LogP contribution >= 0.6 is 0 Å². The van der Waals surface area contributed by atoms with Crippen molar-refractivity contribution in [2.45, 2.75) is 140 Å². The van der Waals surface area contributed by atoms with Gasteiger partial charge in [0.2, 0.25) is 23.6 Å². The lowest BCUT2D eigenvalue weighted by molar-refractivity contribution is -0.145.